The fourth-order valence-electron chi connectivity index (χ4n) is 3.23. The number of carbonyl (C=O) groups is 1. The molecule has 0 saturated heterocycles. The number of nitrogens with one attached hydrogen (secondary N) is 1. The van der Waals surface area contributed by atoms with Crippen molar-refractivity contribution in [3.8, 4) is 11.4 Å². The van der Waals surface area contributed by atoms with E-state index in [-0.39, 0.29) is 12.5 Å². The Balaban J connectivity index is 1.53. The third-order valence-electron chi connectivity index (χ3n) is 4.62. The Morgan fingerprint density at radius 2 is 1.93 bits per heavy atom. The van der Waals surface area contributed by atoms with E-state index in [2.05, 4.69) is 38.9 Å². The molecule has 142 valence electrons. The molecule has 2 aromatic carbocycles. The van der Waals surface area contributed by atoms with Crippen LogP contribution in [0.2, 0.25) is 0 Å². The van der Waals surface area contributed by atoms with Gasteiger partial charge in [-0.15, -0.1) is 0 Å². The average Bonchev–Trinajstić information content (AvgIpc) is 3.36. The van der Waals surface area contributed by atoms with Crippen LogP contribution in [0, 0.1) is 0 Å². The lowest BCUT2D eigenvalue weighted by Gasteiger charge is -2.04. The van der Waals surface area contributed by atoms with Crippen LogP contribution in [0.4, 0.5) is 0 Å². The van der Waals surface area contributed by atoms with Crippen LogP contribution in [-0.4, -0.2) is 25.6 Å². The summed E-state index contributed by atoms with van der Waals surface area (Å²) in [6.45, 7) is 5.24. The molecule has 4 aromatic rings. The Bertz CT molecular complexity index is 1110. The van der Waals surface area contributed by atoms with Gasteiger partial charge in [0.05, 0.1) is 17.6 Å². The lowest BCUT2D eigenvalue weighted by Crippen LogP contribution is -2.22. The number of aryl methyl sites for hydroxylation is 2. The van der Waals surface area contributed by atoms with Gasteiger partial charge >= 0.3 is 0 Å². The summed E-state index contributed by atoms with van der Waals surface area (Å²) in [5, 5.41) is 6.85. The second-order valence-corrected chi connectivity index (χ2v) is 6.39. The van der Waals surface area contributed by atoms with Crippen molar-refractivity contribution >= 4 is 16.9 Å². The second-order valence-electron chi connectivity index (χ2n) is 6.39. The summed E-state index contributed by atoms with van der Waals surface area (Å²) in [5.41, 5.74) is 3.46. The van der Waals surface area contributed by atoms with Crippen LogP contribution < -0.4 is 5.32 Å². The van der Waals surface area contributed by atoms with Crippen LogP contribution in [-0.2, 0) is 19.5 Å². The van der Waals surface area contributed by atoms with Crippen molar-refractivity contribution in [1.29, 1.82) is 0 Å². The summed E-state index contributed by atoms with van der Waals surface area (Å²) >= 11 is 0. The normalized spacial score (nSPS) is 11.1. The van der Waals surface area contributed by atoms with E-state index in [0.29, 0.717) is 17.3 Å². The van der Waals surface area contributed by atoms with Crippen LogP contribution in [0.15, 0.2) is 53.1 Å². The monoisotopic (exact) mass is 375 g/mol. The van der Waals surface area contributed by atoms with E-state index in [1.807, 2.05) is 36.4 Å². The van der Waals surface area contributed by atoms with Crippen molar-refractivity contribution in [2.24, 2.45) is 0 Å². The smallest absolute Gasteiger partial charge is 0.251 e. The highest BCUT2D eigenvalue weighted by molar-refractivity contribution is 5.94. The van der Waals surface area contributed by atoms with Crippen LogP contribution >= 0.6 is 0 Å². The molecule has 0 unspecified atom stereocenters. The van der Waals surface area contributed by atoms with Gasteiger partial charge in [-0.2, -0.15) is 4.98 Å². The number of fused-ring (bicyclic) bond motifs is 1. The van der Waals surface area contributed by atoms with Gasteiger partial charge in [-0.3, -0.25) is 4.79 Å². The molecule has 1 N–H and O–H groups in total. The molecule has 0 atom stereocenters. The first-order chi connectivity index (χ1) is 13.7. The molecule has 0 fully saturated rings. The zero-order valence-electron chi connectivity index (χ0n) is 15.8. The molecule has 4 rings (SSSR count). The topological polar surface area (TPSA) is 85.8 Å². The number of carbonyl (C=O) groups excluding carboxylic acids is 1. The number of hydrogen-bond donors (Lipinski definition) is 1. The Morgan fingerprint density at radius 3 is 2.68 bits per heavy atom. The van der Waals surface area contributed by atoms with E-state index in [4.69, 9.17) is 4.52 Å². The fraction of sp³-hybridized carbons (Fsp3) is 0.238. The molecule has 0 aliphatic carbocycles. The van der Waals surface area contributed by atoms with Gasteiger partial charge in [-0.1, -0.05) is 30.3 Å². The van der Waals surface area contributed by atoms with Gasteiger partial charge in [-0.05, 0) is 37.3 Å². The number of hydrogen-bond acceptors (Lipinski definition) is 5. The molecule has 0 aliphatic rings. The van der Waals surface area contributed by atoms with Crippen molar-refractivity contribution in [1.82, 2.24) is 25.0 Å². The summed E-state index contributed by atoms with van der Waals surface area (Å²) in [6, 6.07) is 15.0. The van der Waals surface area contributed by atoms with Gasteiger partial charge < -0.3 is 14.4 Å². The van der Waals surface area contributed by atoms with Crippen molar-refractivity contribution in [3.63, 3.8) is 0 Å². The minimum atomic E-state index is -0.180. The van der Waals surface area contributed by atoms with Crippen molar-refractivity contribution < 1.29 is 9.32 Å². The van der Waals surface area contributed by atoms with Gasteiger partial charge in [-0.25, -0.2) is 4.98 Å². The van der Waals surface area contributed by atoms with Crippen LogP contribution in [0.25, 0.3) is 22.4 Å². The number of benzene rings is 2. The van der Waals surface area contributed by atoms with E-state index in [1.54, 1.807) is 12.1 Å². The molecule has 28 heavy (non-hydrogen) atoms. The van der Waals surface area contributed by atoms with E-state index in [0.717, 1.165) is 35.4 Å². The molecule has 7 nitrogen and oxygen atoms in total. The van der Waals surface area contributed by atoms with Crippen molar-refractivity contribution in [2.75, 3.05) is 0 Å². The number of imidazole rings is 1. The molecule has 2 aromatic heterocycles. The van der Waals surface area contributed by atoms with Crippen molar-refractivity contribution in [2.45, 2.75) is 33.4 Å². The van der Waals surface area contributed by atoms with Gasteiger partial charge in [0, 0.05) is 24.1 Å². The predicted molar refractivity (Wildman–Crippen MR) is 106 cm³/mol. The first-order valence-electron chi connectivity index (χ1n) is 9.35. The van der Waals surface area contributed by atoms with Gasteiger partial charge in [0.15, 0.2) is 0 Å². The first kappa shape index (κ1) is 17.9. The van der Waals surface area contributed by atoms with Crippen LogP contribution in [0.5, 0.6) is 0 Å². The molecular formula is C21H21N5O2. The SMILES string of the molecule is CCc1nc2ccc(-c3noc(CNC(=O)c4ccccc4)n3)cc2n1CC. The number of amides is 1. The molecule has 0 spiro atoms. The largest absolute Gasteiger partial charge is 0.343 e. The summed E-state index contributed by atoms with van der Waals surface area (Å²) in [7, 11) is 0. The van der Waals surface area contributed by atoms with E-state index < -0.39 is 0 Å². The zero-order valence-corrected chi connectivity index (χ0v) is 15.8. The van der Waals surface area contributed by atoms with Crippen LogP contribution in [0.3, 0.4) is 0 Å². The maximum atomic E-state index is 12.1. The molecule has 1 amide bonds. The average molecular weight is 375 g/mol. The summed E-state index contributed by atoms with van der Waals surface area (Å²) in [4.78, 5) is 21.2. The first-order valence-corrected chi connectivity index (χ1v) is 9.35. The summed E-state index contributed by atoms with van der Waals surface area (Å²) < 4.78 is 7.50. The van der Waals surface area contributed by atoms with E-state index >= 15 is 0 Å². The van der Waals surface area contributed by atoms with E-state index in [1.165, 1.54) is 0 Å². The maximum absolute atomic E-state index is 12.1. The third kappa shape index (κ3) is 3.38. The highest BCUT2D eigenvalue weighted by Gasteiger charge is 2.14. The minimum absolute atomic E-state index is 0.176. The molecule has 2 heterocycles. The lowest BCUT2D eigenvalue weighted by molar-refractivity contribution is 0.0946. The maximum Gasteiger partial charge on any atom is 0.251 e. The molecular weight excluding hydrogens is 354 g/mol. The number of nitrogens with zero attached hydrogens (tertiary/aromatic N) is 4. The summed E-state index contributed by atoms with van der Waals surface area (Å²) in [6.07, 6.45) is 0.880. The summed E-state index contributed by atoms with van der Waals surface area (Å²) in [5.74, 6) is 1.73. The quantitative estimate of drug-likeness (QED) is 0.556. The second kappa shape index (κ2) is 7.64. The Kier molecular flexibility index (Phi) is 4.89. The highest BCUT2D eigenvalue weighted by atomic mass is 16.5. The number of rotatable bonds is 6. The van der Waals surface area contributed by atoms with Crippen molar-refractivity contribution in [3.05, 3.63) is 65.8 Å². The molecule has 7 heteroatoms. The van der Waals surface area contributed by atoms with Gasteiger partial charge in [0.2, 0.25) is 11.7 Å². The Morgan fingerprint density at radius 1 is 1.11 bits per heavy atom. The Labute approximate surface area is 162 Å². The third-order valence-corrected chi connectivity index (χ3v) is 4.62. The highest BCUT2D eigenvalue weighted by Crippen LogP contribution is 2.24. The molecule has 0 aliphatic heterocycles. The Hall–Kier alpha value is -3.48. The standard InChI is InChI=1S/C21H21N5O2/c1-3-18-23-16-11-10-15(12-17(16)26(18)4-2)20-24-19(28-25-20)13-22-21(27)14-8-6-5-7-9-14/h5-12H,3-4,13H2,1-2H3,(H,22,27). The molecule has 0 radical (unpaired) electrons. The van der Waals surface area contributed by atoms with E-state index in [9.17, 15) is 4.79 Å². The molecule has 0 saturated carbocycles. The minimum Gasteiger partial charge on any atom is -0.343 e. The fourth-order valence-corrected chi connectivity index (χ4v) is 3.23. The predicted octanol–water partition coefficient (Wildman–Crippen LogP) is 3.60. The van der Waals surface area contributed by atoms with Gasteiger partial charge in [0.25, 0.3) is 5.91 Å². The van der Waals surface area contributed by atoms with Crippen LogP contribution in [0.1, 0.15) is 35.9 Å². The lowest BCUT2D eigenvalue weighted by atomic mass is 10.2. The van der Waals surface area contributed by atoms with Gasteiger partial charge in [0.1, 0.15) is 5.82 Å². The zero-order chi connectivity index (χ0) is 19.5. The molecule has 0 bridgehead atoms. The number of aromatic nitrogens is 4.